The lowest BCUT2D eigenvalue weighted by Gasteiger charge is -2.19. The third-order valence-electron chi connectivity index (χ3n) is 4.06. The van der Waals surface area contributed by atoms with Gasteiger partial charge in [-0.2, -0.15) is 0 Å². The van der Waals surface area contributed by atoms with Gasteiger partial charge in [0, 0.05) is 39.5 Å². The number of ether oxygens (including phenoxy) is 1. The summed E-state index contributed by atoms with van der Waals surface area (Å²) in [7, 11) is 1.68. The SMILES string of the molecule is COc1ccc2c(c1)SCc1cnc(NCc3ccc(Cl)cc3)nc1-2. The van der Waals surface area contributed by atoms with Crippen LogP contribution in [0.1, 0.15) is 11.1 Å². The van der Waals surface area contributed by atoms with Crippen molar-refractivity contribution in [3.8, 4) is 17.0 Å². The van der Waals surface area contributed by atoms with Crippen molar-refractivity contribution in [2.24, 2.45) is 0 Å². The molecule has 0 spiro atoms. The summed E-state index contributed by atoms with van der Waals surface area (Å²) in [5.74, 6) is 2.36. The molecule has 0 amide bonds. The fourth-order valence-electron chi connectivity index (χ4n) is 2.71. The van der Waals surface area contributed by atoms with Crippen molar-refractivity contribution in [1.82, 2.24) is 9.97 Å². The van der Waals surface area contributed by atoms with Crippen molar-refractivity contribution >= 4 is 29.3 Å². The van der Waals surface area contributed by atoms with E-state index in [0.29, 0.717) is 12.5 Å². The first kappa shape index (κ1) is 16.2. The van der Waals surface area contributed by atoms with Crippen LogP contribution in [-0.4, -0.2) is 17.1 Å². The van der Waals surface area contributed by atoms with E-state index in [0.717, 1.165) is 38.9 Å². The molecule has 2 heterocycles. The fourth-order valence-corrected chi connectivity index (χ4v) is 3.88. The van der Waals surface area contributed by atoms with Crippen LogP contribution >= 0.6 is 23.4 Å². The number of anilines is 1. The highest BCUT2D eigenvalue weighted by atomic mass is 35.5. The molecule has 4 nitrogen and oxygen atoms in total. The molecule has 0 fully saturated rings. The minimum absolute atomic E-state index is 0.627. The molecule has 0 atom stereocenters. The van der Waals surface area contributed by atoms with Gasteiger partial charge >= 0.3 is 0 Å². The van der Waals surface area contributed by atoms with Crippen molar-refractivity contribution in [2.75, 3.05) is 12.4 Å². The van der Waals surface area contributed by atoms with Gasteiger partial charge in [0.25, 0.3) is 0 Å². The standard InChI is InChI=1S/C19H16ClN3OS/c1-24-15-6-7-16-17(8-15)25-11-13-10-22-19(23-18(13)16)21-9-12-2-4-14(20)5-3-12/h2-8,10H,9,11H2,1H3,(H,21,22,23). The number of nitrogens with zero attached hydrogens (tertiary/aromatic N) is 2. The highest BCUT2D eigenvalue weighted by Crippen LogP contribution is 2.42. The Morgan fingerprint density at radius 1 is 1.20 bits per heavy atom. The molecule has 0 saturated heterocycles. The largest absolute Gasteiger partial charge is 0.497 e. The van der Waals surface area contributed by atoms with E-state index in [1.165, 1.54) is 4.90 Å². The monoisotopic (exact) mass is 369 g/mol. The molecule has 4 rings (SSSR count). The summed E-state index contributed by atoms with van der Waals surface area (Å²) < 4.78 is 5.32. The van der Waals surface area contributed by atoms with Crippen LogP contribution in [0.5, 0.6) is 5.75 Å². The molecule has 0 radical (unpaired) electrons. The van der Waals surface area contributed by atoms with Crippen LogP contribution in [0.3, 0.4) is 0 Å². The maximum Gasteiger partial charge on any atom is 0.223 e. The molecule has 0 unspecified atom stereocenters. The van der Waals surface area contributed by atoms with E-state index in [1.807, 2.05) is 36.5 Å². The Morgan fingerprint density at radius 3 is 2.84 bits per heavy atom. The summed E-state index contributed by atoms with van der Waals surface area (Å²) in [5.41, 5.74) is 4.40. The highest BCUT2D eigenvalue weighted by molar-refractivity contribution is 7.98. The Balaban J connectivity index is 1.59. The molecule has 0 aliphatic carbocycles. The molecule has 25 heavy (non-hydrogen) atoms. The second-order valence-electron chi connectivity index (χ2n) is 5.70. The van der Waals surface area contributed by atoms with Crippen molar-refractivity contribution in [1.29, 1.82) is 0 Å². The third-order valence-corrected chi connectivity index (χ3v) is 5.41. The molecule has 2 aromatic carbocycles. The van der Waals surface area contributed by atoms with Gasteiger partial charge in [0.15, 0.2) is 0 Å². The first-order valence-electron chi connectivity index (χ1n) is 7.88. The first-order chi connectivity index (χ1) is 12.2. The van der Waals surface area contributed by atoms with E-state index in [4.69, 9.17) is 21.3 Å². The van der Waals surface area contributed by atoms with Crippen molar-refractivity contribution < 1.29 is 4.74 Å². The Bertz CT molecular complexity index is 915. The van der Waals surface area contributed by atoms with Gasteiger partial charge in [-0.1, -0.05) is 23.7 Å². The molecule has 0 bridgehead atoms. The minimum Gasteiger partial charge on any atom is -0.497 e. The average Bonchev–Trinajstić information content (AvgIpc) is 2.66. The summed E-state index contributed by atoms with van der Waals surface area (Å²) >= 11 is 7.71. The Hall–Kier alpha value is -2.24. The van der Waals surface area contributed by atoms with Crippen LogP contribution < -0.4 is 10.1 Å². The number of hydrogen-bond acceptors (Lipinski definition) is 5. The van der Waals surface area contributed by atoms with E-state index < -0.39 is 0 Å². The van der Waals surface area contributed by atoms with E-state index in [2.05, 4.69) is 22.4 Å². The van der Waals surface area contributed by atoms with Crippen LogP contribution in [0.2, 0.25) is 5.02 Å². The molecule has 1 aliphatic rings. The zero-order chi connectivity index (χ0) is 17.2. The lowest BCUT2D eigenvalue weighted by Crippen LogP contribution is -2.07. The summed E-state index contributed by atoms with van der Waals surface area (Å²) in [4.78, 5) is 10.4. The van der Waals surface area contributed by atoms with Crippen molar-refractivity contribution in [2.45, 2.75) is 17.2 Å². The third kappa shape index (κ3) is 3.43. The molecule has 6 heteroatoms. The lowest BCUT2D eigenvalue weighted by molar-refractivity contribution is 0.414. The van der Waals surface area contributed by atoms with Crippen LogP contribution in [0.25, 0.3) is 11.3 Å². The van der Waals surface area contributed by atoms with Gasteiger partial charge in [-0.05, 0) is 35.9 Å². The number of nitrogens with one attached hydrogen (secondary N) is 1. The summed E-state index contributed by atoms with van der Waals surface area (Å²) in [6.45, 7) is 0.653. The first-order valence-corrected chi connectivity index (χ1v) is 9.25. The van der Waals surface area contributed by atoms with E-state index in [1.54, 1.807) is 18.9 Å². The number of hydrogen-bond donors (Lipinski definition) is 1. The number of halogens is 1. The van der Waals surface area contributed by atoms with Crippen LogP contribution in [0.4, 0.5) is 5.95 Å². The smallest absolute Gasteiger partial charge is 0.223 e. The number of benzene rings is 2. The maximum atomic E-state index is 5.92. The second-order valence-corrected chi connectivity index (χ2v) is 7.15. The number of thioether (sulfide) groups is 1. The summed E-state index contributed by atoms with van der Waals surface area (Å²) in [6.07, 6.45) is 1.91. The maximum absolute atomic E-state index is 5.92. The average molecular weight is 370 g/mol. The lowest BCUT2D eigenvalue weighted by atomic mass is 10.1. The number of fused-ring (bicyclic) bond motifs is 3. The van der Waals surface area contributed by atoms with E-state index in [-0.39, 0.29) is 0 Å². The van der Waals surface area contributed by atoms with E-state index >= 15 is 0 Å². The summed E-state index contributed by atoms with van der Waals surface area (Å²) in [6, 6.07) is 13.8. The molecular formula is C19H16ClN3OS. The van der Waals surface area contributed by atoms with Gasteiger partial charge in [0.1, 0.15) is 5.75 Å². The fraction of sp³-hybridized carbons (Fsp3) is 0.158. The Morgan fingerprint density at radius 2 is 2.04 bits per heavy atom. The topological polar surface area (TPSA) is 47.0 Å². The number of methoxy groups -OCH3 is 1. The van der Waals surface area contributed by atoms with Crippen molar-refractivity contribution in [3.05, 3.63) is 64.8 Å². The van der Waals surface area contributed by atoms with Crippen LogP contribution in [0, 0.1) is 0 Å². The van der Waals surface area contributed by atoms with Crippen LogP contribution in [0.15, 0.2) is 53.6 Å². The van der Waals surface area contributed by atoms with Gasteiger partial charge in [-0.15, -0.1) is 11.8 Å². The van der Waals surface area contributed by atoms with Gasteiger partial charge in [-0.25, -0.2) is 9.97 Å². The van der Waals surface area contributed by atoms with Crippen molar-refractivity contribution in [3.63, 3.8) is 0 Å². The number of rotatable bonds is 4. The number of aromatic nitrogens is 2. The normalized spacial score (nSPS) is 12.2. The Labute approximate surface area is 155 Å². The Kier molecular flexibility index (Phi) is 4.51. The minimum atomic E-state index is 0.627. The van der Waals surface area contributed by atoms with Gasteiger partial charge < -0.3 is 10.1 Å². The molecule has 1 aliphatic heterocycles. The van der Waals surface area contributed by atoms with Gasteiger partial charge in [0.2, 0.25) is 5.95 Å². The van der Waals surface area contributed by atoms with Crippen LogP contribution in [-0.2, 0) is 12.3 Å². The molecule has 126 valence electrons. The second kappa shape index (κ2) is 6.94. The molecule has 1 aromatic heterocycles. The van der Waals surface area contributed by atoms with E-state index in [9.17, 15) is 0 Å². The van der Waals surface area contributed by atoms with Gasteiger partial charge in [-0.3, -0.25) is 0 Å². The quantitative estimate of drug-likeness (QED) is 0.699. The predicted octanol–water partition coefficient (Wildman–Crippen LogP) is 5.02. The predicted molar refractivity (Wildman–Crippen MR) is 102 cm³/mol. The molecule has 0 saturated carbocycles. The molecule has 1 N–H and O–H groups in total. The zero-order valence-corrected chi connectivity index (χ0v) is 15.2. The zero-order valence-electron chi connectivity index (χ0n) is 13.6. The van der Waals surface area contributed by atoms with Gasteiger partial charge in [0.05, 0.1) is 12.8 Å². The molecule has 3 aromatic rings. The summed E-state index contributed by atoms with van der Waals surface area (Å²) in [5, 5.41) is 4.02. The highest BCUT2D eigenvalue weighted by Gasteiger charge is 2.19. The molecular weight excluding hydrogens is 354 g/mol.